The molecule has 0 N–H and O–H groups in total. The molecule has 0 spiro atoms. The Balaban J connectivity index is 2.24. The third-order valence-electron chi connectivity index (χ3n) is 1.86. The minimum Gasteiger partial charge on any atom is -0.454 e. The molecule has 3 nitrogen and oxygen atoms in total. The van der Waals surface area contributed by atoms with Crippen LogP contribution >= 0.6 is 0 Å². The summed E-state index contributed by atoms with van der Waals surface area (Å²) < 4.78 is 5.58. The maximum absolute atomic E-state index is 5.58. The molecule has 0 saturated heterocycles. The predicted molar refractivity (Wildman–Crippen MR) is 53.3 cm³/mol. The Bertz CT molecular complexity index is 415. The van der Waals surface area contributed by atoms with Gasteiger partial charge in [-0.2, -0.15) is 0 Å². The highest BCUT2D eigenvalue weighted by Crippen LogP contribution is 2.22. The van der Waals surface area contributed by atoms with Crippen LogP contribution in [-0.2, 0) is 0 Å². The second-order valence-corrected chi connectivity index (χ2v) is 2.94. The quantitative estimate of drug-likeness (QED) is 0.723. The number of hydrogen-bond acceptors (Lipinski definition) is 3. The molecule has 1 aromatic heterocycles. The number of aromatic nitrogens is 2. The number of ether oxygens (including phenoxy) is 1. The summed E-state index contributed by atoms with van der Waals surface area (Å²) in [5.74, 6) is 1.49. The van der Waals surface area contributed by atoms with Gasteiger partial charge in [-0.1, -0.05) is 18.2 Å². The normalized spacial score (nSPS) is 9.79. The van der Waals surface area contributed by atoms with E-state index in [0.29, 0.717) is 5.75 Å². The molecular weight excluding hydrogens is 176 g/mol. The van der Waals surface area contributed by atoms with Gasteiger partial charge in [0.15, 0.2) is 5.75 Å². The number of benzene rings is 1. The van der Waals surface area contributed by atoms with Crippen LogP contribution in [0.15, 0.2) is 43.0 Å². The van der Waals surface area contributed by atoms with Gasteiger partial charge in [-0.25, -0.2) is 9.97 Å². The second kappa shape index (κ2) is 3.87. The van der Waals surface area contributed by atoms with E-state index in [-0.39, 0.29) is 0 Å². The van der Waals surface area contributed by atoms with Crippen LogP contribution in [0.5, 0.6) is 11.5 Å². The second-order valence-electron chi connectivity index (χ2n) is 2.94. The molecule has 0 aliphatic heterocycles. The summed E-state index contributed by atoms with van der Waals surface area (Å²) in [6.45, 7) is 2.00. The minimum absolute atomic E-state index is 0.654. The first-order chi connectivity index (χ1) is 6.86. The zero-order valence-corrected chi connectivity index (χ0v) is 7.84. The Morgan fingerprint density at radius 1 is 1.07 bits per heavy atom. The molecule has 0 fully saturated rings. The largest absolute Gasteiger partial charge is 0.454 e. The van der Waals surface area contributed by atoms with Gasteiger partial charge in [-0.15, -0.1) is 0 Å². The average Bonchev–Trinajstić information content (AvgIpc) is 2.23. The lowest BCUT2D eigenvalue weighted by Crippen LogP contribution is -1.88. The first kappa shape index (κ1) is 8.69. The van der Waals surface area contributed by atoms with Crippen LogP contribution in [0.2, 0.25) is 0 Å². The number of rotatable bonds is 2. The highest BCUT2D eigenvalue weighted by atomic mass is 16.5. The Morgan fingerprint density at radius 3 is 2.50 bits per heavy atom. The molecule has 0 bridgehead atoms. The van der Waals surface area contributed by atoms with Crippen LogP contribution in [0.1, 0.15) is 5.56 Å². The summed E-state index contributed by atoms with van der Waals surface area (Å²) in [4.78, 5) is 7.75. The van der Waals surface area contributed by atoms with E-state index in [1.807, 2.05) is 31.2 Å². The van der Waals surface area contributed by atoms with Crippen LogP contribution in [0.4, 0.5) is 0 Å². The number of aryl methyl sites for hydroxylation is 1. The van der Waals surface area contributed by atoms with Crippen molar-refractivity contribution in [1.82, 2.24) is 9.97 Å². The molecule has 0 saturated carbocycles. The van der Waals surface area contributed by atoms with Gasteiger partial charge < -0.3 is 4.74 Å². The Morgan fingerprint density at radius 2 is 1.79 bits per heavy atom. The smallest absolute Gasteiger partial charge is 0.164 e. The van der Waals surface area contributed by atoms with Gasteiger partial charge >= 0.3 is 0 Å². The van der Waals surface area contributed by atoms with Crippen LogP contribution in [0.3, 0.4) is 0 Å². The average molecular weight is 186 g/mol. The summed E-state index contributed by atoms with van der Waals surface area (Å²) in [6, 6.07) is 7.83. The van der Waals surface area contributed by atoms with Crippen molar-refractivity contribution in [2.45, 2.75) is 6.92 Å². The van der Waals surface area contributed by atoms with Gasteiger partial charge in [0.25, 0.3) is 0 Å². The van der Waals surface area contributed by atoms with E-state index in [2.05, 4.69) is 9.97 Å². The van der Waals surface area contributed by atoms with Crippen molar-refractivity contribution >= 4 is 0 Å². The molecule has 0 unspecified atom stereocenters. The van der Waals surface area contributed by atoms with Crippen molar-refractivity contribution in [1.29, 1.82) is 0 Å². The topological polar surface area (TPSA) is 35.0 Å². The molecular formula is C11H10N2O. The van der Waals surface area contributed by atoms with Gasteiger partial charge in [0.1, 0.15) is 12.1 Å². The molecule has 3 heteroatoms. The van der Waals surface area contributed by atoms with Crippen LogP contribution < -0.4 is 4.74 Å². The highest BCUT2D eigenvalue weighted by Gasteiger charge is 1.99. The lowest BCUT2D eigenvalue weighted by Gasteiger charge is -2.06. The summed E-state index contributed by atoms with van der Waals surface area (Å²) in [7, 11) is 0. The highest BCUT2D eigenvalue weighted by molar-refractivity contribution is 5.35. The van der Waals surface area contributed by atoms with E-state index < -0.39 is 0 Å². The van der Waals surface area contributed by atoms with Gasteiger partial charge in [-0.3, -0.25) is 0 Å². The molecule has 1 heterocycles. The molecule has 0 radical (unpaired) electrons. The molecule has 0 amide bonds. The van der Waals surface area contributed by atoms with E-state index in [4.69, 9.17) is 4.74 Å². The summed E-state index contributed by atoms with van der Waals surface area (Å²) in [5, 5.41) is 0. The predicted octanol–water partition coefficient (Wildman–Crippen LogP) is 2.58. The standard InChI is InChI=1S/C11H10N2O/c1-9-4-2-3-5-11(9)14-10-6-12-8-13-7-10/h2-8H,1H3. The maximum atomic E-state index is 5.58. The van der Waals surface area contributed by atoms with Crippen molar-refractivity contribution in [2.75, 3.05) is 0 Å². The fourth-order valence-corrected chi connectivity index (χ4v) is 1.14. The van der Waals surface area contributed by atoms with Gasteiger partial charge in [-0.05, 0) is 18.6 Å². The molecule has 1 aromatic carbocycles. The van der Waals surface area contributed by atoms with E-state index in [1.165, 1.54) is 6.33 Å². The zero-order valence-electron chi connectivity index (χ0n) is 7.84. The third-order valence-corrected chi connectivity index (χ3v) is 1.86. The van der Waals surface area contributed by atoms with Gasteiger partial charge in [0.2, 0.25) is 0 Å². The van der Waals surface area contributed by atoms with Crippen molar-refractivity contribution in [3.63, 3.8) is 0 Å². The first-order valence-electron chi connectivity index (χ1n) is 4.35. The van der Waals surface area contributed by atoms with E-state index >= 15 is 0 Å². The van der Waals surface area contributed by atoms with Crippen LogP contribution in [-0.4, -0.2) is 9.97 Å². The molecule has 14 heavy (non-hydrogen) atoms. The lowest BCUT2D eigenvalue weighted by atomic mass is 10.2. The SMILES string of the molecule is Cc1ccccc1Oc1cncnc1. The number of hydrogen-bond donors (Lipinski definition) is 0. The van der Waals surface area contributed by atoms with Crippen molar-refractivity contribution in [3.8, 4) is 11.5 Å². The summed E-state index contributed by atoms with van der Waals surface area (Å²) >= 11 is 0. The molecule has 2 rings (SSSR count). The third kappa shape index (κ3) is 1.88. The van der Waals surface area contributed by atoms with Crippen molar-refractivity contribution in [2.24, 2.45) is 0 Å². The maximum Gasteiger partial charge on any atom is 0.164 e. The summed E-state index contributed by atoms with van der Waals surface area (Å²) in [5.41, 5.74) is 1.09. The molecule has 0 atom stereocenters. The van der Waals surface area contributed by atoms with Crippen molar-refractivity contribution in [3.05, 3.63) is 48.5 Å². The Hall–Kier alpha value is -1.90. The molecule has 70 valence electrons. The van der Waals surface area contributed by atoms with E-state index in [0.717, 1.165) is 11.3 Å². The Labute approximate surface area is 82.4 Å². The van der Waals surface area contributed by atoms with Gasteiger partial charge in [0.05, 0.1) is 12.4 Å². The Kier molecular flexibility index (Phi) is 2.40. The zero-order chi connectivity index (χ0) is 9.80. The number of nitrogens with zero attached hydrogens (tertiary/aromatic N) is 2. The van der Waals surface area contributed by atoms with E-state index in [9.17, 15) is 0 Å². The number of para-hydroxylation sites is 1. The monoisotopic (exact) mass is 186 g/mol. The van der Waals surface area contributed by atoms with Crippen LogP contribution in [0, 0.1) is 6.92 Å². The fourth-order valence-electron chi connectivity index (χ4n) is 1.14. The van der Waals surface area contributed by atoms with E-state index in [1.54, 1.807) is 12.4 Å². The summed E-state index contributed by atoms with van der Waals surface area (Å²) in [6.07, 6.45) is 4.75. The minimum atomic E-state index is 0.654. The van der Waals surface area contributed by atoms with Crippen molar-refractivity contribution < 1.29 is 4.74 Å². The molecule has 0 aliphatic carbocycles. The first-order valence-corrected chi connectivity index (χ1v) is 4.35. The molecule has 2 aromatic rings. The fraction of sp³-hybridized carbons (Fsp3) is 0.0909. The lowest BCUT2D eigenvalue weighted by molar-refractivity contribution is 0.474. The molecule has 0 aliphatic rings. The van der Waals surface area contributed by atoms with Crippen LogP contribution in [0.25, 0.3) is 0 Å². The van der Waals surface area contributed by atoms with Gasteiger partial charge in [0, 0.05) is 0 Å².